The molecule has 0 aliphatic rings. The van der Waals surface area contributed by atoms with Gasteiger partial charge in [0, 0.05) is 63.6 Å². The first-order valence-corrected chi connectivity index (χ1v) is 20.8. The van der Waals surface area contributed by atoms with Gasteiger partial charge in [0.25, 0.3) is 0 Å². The van der Waals surface area contributed by atoms with E-state index in [9.17, 15) is 0 Å². The monoisotopic (exact) mass is 763 g/mol. The lowest BCUT2D eigenvalue weighted by molar-refractivity contribution is 0.669. The fourth-order valence-corrected chi connectivity index (χ4v) is 11.6. The fraction of sp³-hybridized carbons (Fsp3) is 0. The highest BCUT2D eigenvalue weighted by molar-refractivity contribution is 7.27. The van der Waals surface area contributed by atoms with Crippen molar-refractivity contribution in [1.82, 2.24) is 0 Å². The second kappa shape index (κ2) is 11.8. The SMILES string of the molecule is c1ccc2c(c1)oc1ccc3ccc4oc5cccc(-c6ccc(N(c7cccc8c7sc7ccccc78)c7cccc8c7sc7ccccc78)cc6)c5c4c3c12. The first-order chi connectivity index (χ1) is 28.3. The van der Waals surface area contributed by atoms with E-state index in [0.717, 1.165) is 71.5 Å². The second-order valence-corrected chi connectivity index (χ2v) is 16.8. The van der Waals surface area contributed by atoms with E-state index in [4.69, 9.17) is 8.83 Å². The molecule has 57 heavy (non-hydrogen) atoms. The maximum Gasteiger partial charge on any atom is 0.136 e. The fourth-order valence-electron chi connectivity index (χ4n) is 9.19. The molecule has 13 aromatic rings. The lowest BCUT2D eigenvalue weighted by atomic mass is 9.94. The van der Waals surface area contributed by atoms with Gasteiger partial charge < -0.3 is 13.7 Å². The Morgan fingerprint density at radius 2 is 0.877 bits per heavy atom. The second-order valence-electron chi connectivity index (χ2n) is 14.7. The number of hydrogen-bond acceptors (Lipinski definition) is 5. The van der Waals surface area contributed by atoms with Gasteiger partial charge >= 0.3 is 0 Å². The molecular formula is C52H29NO2S2. The minimum atomic E-state index is 0.874. The average molecular weight is 764 g/mol. The Balaban J connectivity index is 1.05. The predicted molar refractivity (Wildman–Crippen MR) is 244 cm³/mol. The van der Waals surface area contributed by atoms with Crippen molar-refractivity contribution in [3.8, 4) is 11.1 Å². The van der Waals surface area contributed by atoms with Gasteiger partial charge in [0.1, 0.15) is 22.3 Å². The summed E-state index contributed by atoms with van der Waals surface area (Å²) in [6, 6.07) is 63.4. The molecule has 0 radical (unpaired) electrons. The van der Waals surface area contributed by atoms with Crippen LogP contribution >= 0.6 is 22.7 Å². The molecule has 0 N–H and O–H groups in total. The molecule has 0 unspecified atom stereocenters. The molecule has 0 aliphatic carbocycles. The quantitative estimate of drug-likeness (QED) is 0.179. The van der Waals surface area contributed by atoms with Crippen LogP contribution in [0.1, 0.15) is 0 Å². The van der Waals surface area contributed by atoms with Crippen LogP contribution in [0.5, 0.6) is 0 Å². The van der Waals surface area contributed by atoms with Gasteiger partial charge in [0.15, 0.2) is 0 Å². The zero-order valence-corrected chi connectivity index (χ0v) is 32.0. The number of rotatable bonds is 4. The van der Waals surface area contributed by atoms with E-state index in [1.54, 1.807) is 0 Å². The van der Waals surface area contributed by atoms with Crippen LogP contribution in [0.25, 0.3) is 106 Å². The molecule has 9 aromatic carbocycles. The first kappa shape index (κ1) is 31.3. The maximum atomic E-state index is 6.63. The topological polar surface area (TPSA) is 29.5 Å². The molecular weight excluding hydrogens is 735 g/mol. The first-order valence-electron chi connectivity index (χ1n) is 19.2. The summed E-state index contributed by atoms with van der Waals surface area (Å²) >= 11 is 3.73. The molecule has 3 nitrogen and oxygen atoms in total. The molecule has 0 amide bonds. The van der Waals surface area contributed by atoms with Gasteiger partial charge in [-0.25, -0.2) is 0 Å². The van der Waals surface area contributed by atoms with E-state index in [1.807, 2.05) is 34.8 Å². The van der Waals surface area contributed by atoms with Crippen LogP contribution in [-0.4, -0.2) is 0 Å². The molecule has 0 spiro atoms. The molecule has 13 rings (SSSR count). The highest BCUT2D eigenvalue weighted by atomic mass is 32.1. The summed E-state index contributed by atoms with van der Waals surface area (Å²) in [5.74, 6) is 0. The molecule has 0 bridgehead atoms. The molecule has 0 fully saturated rings. The number of anilines is 3. The number of hydrogen-bond donors (Lipinski definition) is 0. The van der Waals surface area contributed by atoms with Crippen molar-refractivity contribution in [3.63, 3.8) is 0 Å². The van der Waals surface area contributed by atoms with E-state index in [2.05, 4.69) is 169 Å². The van der Waals surface area contributed by atoms with Gasteiger partial charge in [-0.3, -0.25) is 0 Å². The van der Waals surface area contributed by atoms with Crippen LogP contribution in [0.4, 0.5) is 17.1 Å². The Morgan fingerprint density at radius 1 is 0.351 bits per heavy atom. The summed E-state index contributed by atoms with van der Waals surface area (Å²) in [4.78, 5) is 2.47. The van der Waals surface area contributed by atoms with E-state index in [1.165, 1.54) is 51.7 Å². The number of para-hydroxylation sites is 1. The smallest absolute Gasteiger partial charge is 0.136 e. The van der Waals surface area contributed by atoms with Crippen LogP contribution in [0.3, 0.4) is 0 Å². The van der Waals surface area contributed by atoms with Gasteiger partial charge in [0.05, 0.1) is 20.8 Å². The molecule has 4 aromatic heterocycles. The summed E-state index contributed by atoms with van der Waals surface area (Å²) in [5, 5.41) is 12.0. The van der Waals surface area contributed by atoms with Crippen molar-refractivity contribution in [2.24, 2.45) is 0 Å². The van der Waals surface area contributed by atoms with Crippen LogP contribution in [-0.2, 0) is 0 Å². The molecule has 4 heterocycles. The standard InChI is InChI=1S/C52H29NO2S2/c1-4-18-41-38(12-1)49-43(54-41)28-24-31-25-29-44-50(47(31)49)48-33(13-9-19-42(48)55-44)30-22-26-32(27-23-30)53(39-16-7-14-36-34-10-2-5-20-45(34)56-51(36)39)40-17-8-15-37-35-11-3-6-21-46(35)57-52(37)40/h1-29H. The van der Waals surface area contributed by atoms with E-state index < -0.39 is 0 Å². The van der Waals surface area contributed by atoms with E-state index in [0.29, 0.717) is 0 Å². The Hall–Kier alpha value is -6.92. The van der Waals surface area contributed by atoms with Gasteiger partial charge in [-0.15, -0.1) is 22.7 Å². The normalized spacial score (nSPS) is 12.2. The van der Waals surface area contributed by atoms with Crippen LogP contribution in [0.15, 0.2) is 185 Å². The van der Waals surface area contributed by atoms with E-state index in [-0.39, 0.29) is 0 Å². The number of fused-ring (bicyclic) bond motifs is 15. The zero-order valence-electron chi connectivity index (χ0n) is 30.3. The lowest BCUT2D eigenvalue weighted by Crippen LogP contribution is -2.10. The maximum absolute atomic E-state index is 6.63. The third kappa shape index (κ3) is 4.47. The third-order valence-electron chi connectivity index (χ3n) is 11.7. The van der Waals surface area contributed by atoms with Gasteiger partial charge in [0.2, 0.25) is 0 Å². The summed E-state index contributed by atoms with van der Waals surface area (Å²) in [6.07, 6.45) is 0. The van der Waals surface area contributed by atoms with Crippen molar-refractivity contribution in [3.05, 3.63) is 176 Å². The number of thiophene rings is 2. The molecule has 0 aliphatic heterocycles. The van der Waals surface area contributed by atoms with Crippen molar-refractivity contribution >= 4 is 135 Å². The third-order valence-corrected chi connectivity index (χ3v) is 14.1. The lowest BCUT2D eigenvalue weighted by Gasteiger charge is -2.27. The summed E-state index contributed by atoms with van der Waals surface area (Å²) < 4.78 is 18.2. The largest absolute Gasteiger partial charge is 0.456 e. The minimum Gasteiger partial charge on any atom is -0.456 e. The van der Waals surface area contributed by atoms with Crippen LogP contribution in [0, 0.1) is 0 Å². The zero-order chi connectivity index (χ0) is 37.2. The predicted octanol–water partition coefficient (Wildman–Crippen LogP) is 16.5. The number of furan rings is 2. The number of benzene rings is 9. The van der Waals surface area contributed by atoms with Gasteiger partial charge in [-0.05, 0) is 77.2 Å². The Morgan fingerprint density at radius 3 is 1.56 bits per heavy atom. The van der Waals surface area contributed by atoms with Crippen molar-refractivity contribution in [2.75, 3.05) is 4.90 Å². The van der Waals surface area contributed by atoms with E-state index >= 15 is 0 Å². The van der Waals surface area contributed by atoms with Crippen LogP contribution in [0.2, 0.25) is 0 Å². The Kier molecular flexibility index (Phi) is 6.48. The minimum absolute atomic E-state index is 0.874. The van der Waals surface area contributed by atoms with Crippen LogP contribution < -0.4 is 4.90 Å². The summed E-state index contributed by atoms with van der Waals surface area (Å²) in [5.41, 5.74) is 9.26. The average Bonchev–Trinajstić information content (AvgIpc) is 4.04. The van der Waals surface area contributed by atoms with Crippen molar-refractivity contribution in [2.45, 2.75) is 0 Å². The Labute approximate surface area is 333 Å². The number of nitrogens with zero attached hydrogens (tertiary/aromatic N) is 1. The van der Waals surface area contributed by atoms with Crippen molar-refractivity contribution in [1.29, 1.82) is 0 Å². The highest BCUT2D eigenvalue weighted by Gasteiger charge is 2.23. The van der Waals surface area contributed by atoms with Crippen molar-refractivity contribution < 1.29 is 8.83 Å². The molecule has 5 heteroatoms. The van der Waals surface area contributed by atoms with Gasteiger partial charge in [-0.1, -0.05) is 115 Å². The molecule has 266 valence electrons. The summed E-state index contributed by atoms with van der Waals surface area (Å²) in [6.45, 7) is 0. The molecule has 0 saturated carbocycles. The molecule has 0 atom stereocenters. The summed E-state index contributed by atoms with van der Waals surface area (Å²) in [7, 11) is 0. The van der Waals surface area contributed by atoms with Gasteiger partial charge in [-0.2, -0.15) is 0 Å². The molecule has 0 saturated heterocycles. The highest BCUT2D eigenvalue weighted by Crippen LogP contribution is 2.50. The Bertz CT molecular complexity index is 3650.